The van der Waals surface area contributed by atoms with Crippen LogP contribution in [0, 0.1) is 5.41 Å². The maximum Gasteiger partial charge on any atom is 0.288 e. The number of hydrogen-bond acceptors (Lipinski definition) is 2. The van der Waals surface area contributed by atoms with Gasteiger partial charge < -0.3 is 5.32 Å². The highest BCUT2D eigenvalue weighted by atomic mass is 32.2. The van der Waals surface area contributed by atoms with E-state index in [0.717, 1.165) is 0 Å². The van der Waals surface area contributed by atoms with E-state index in [1.54, 1.807) is 24.3 Å². The van der Waals surface area contributed by atoms with Crippen LogP contribution in [0.3, 0.4) is 0 Å². The first-order valence-corrected chi connectivity index (χ1v) is 6.49. The summed E-state index contributed by atoms with van der Waals surface area (Å²) in [4.78, 5) is 12.1. The molecule has 0 saturated heterocycles. The van der Waals surface area contributed by atoms with Crippen LogP contribution >= 0.6 is 11.8 Å². The number of halogens is 2. The number of amides is 1. The number of hydrogen-bond donors (Lipinski definition) is 1. The van der Waals surface area contributed by atoms with Crippen molar-refractivity contribution in [3.63, 3.8) is 0 Å². The van der Waals surface area contributed by atoms with Crippen LogP contribution in [0.1, 0.15) is 27.2 Å². The van der Waals surface area contributed by atoms with Gasteiger partial charge in [0.1, 0.15) is 0 Å². The molecule has 2 nitrogen and oxygen atoms in total. The molecule has 0 spiro atoms. The summed E-state index contributed by atoms with van der Waals surface area (Å²) in [5.41, 5.74) is 0.312. The topological polar surface area (TPSA) is 29.1 Å². The molecule has 0 aliphatic carbocycles. The zero-order valence-corrected chi connectivity index (χ0v) is 11.5. The van der Waals surface area contributed by atoms with E-state index in [1.807, 2.05) is 20.8 Å². The zero-order chi connectivity index (χ0) is 13.8. The number of para-hydroxylation sites is 1. The van der Waals surface area contributed by atoms with Crippen molar-refractivity contribution in [2.45, 2.75) is 37.8 Å². The van der Waals surface area contributed by atoms with Gasteiger partial charge in [-0.05, 0) is 17.5 Å². The van der Waals surface area contributed by atoms with Crippen molar-refractivity contribution < 1.29 is 13.6 Å². The smallest absolute Gasteiger partial charge is 0.288 e. The summed E-state index contributed by atoms with van der Waals surface area (Å²) >= 11 is 0.437. The van der Waals surface area contributed by atoms with Crippen molar-refractivity contribution in [1.29, 1.82) is 0 Å². The third kappa shape index (κ3) is 5.49. The van der Waals surface area contributed by atoms with Crippen molar-refractivity contribution in [3.05, 3.63) is 24.3 Å². The first-order valence-electron chi connectivity index (χ1n) is 5.61. The van der Waals surface area contributed by atoms with Crippen LogP contribution in [0.15, 0.2) is 29.2 Å². The second-order valence-corrected chi connectivity index (χ2v) is 6.19. The summed E-state index contributed by atoms with van der Waals surface area (Å²) in [7, 11) is 0. The van der Waals surface area contributed by atoms with Crippen LogP contribution in [0.2, 0.25) is 0 Å². The number of carbonyl (C=O) groups excluding carboxylic acids is 1. The van der Waals surface area contributed by atoms with Crippen LogP contribution < -0.4 is 5.32 Å². The third-order valence-corrected chi connectivity index (χ3v) is 2.86. The van der Waals surface area contributed by atoms with E-state index in [9.17, 15) is 13.6 Å². The van der Waals surface area contributed by atoms with Crippen molar-refractivity contribution in [2.24, 2.45) is 5.41 Å². The minimum Gasteiger partial charge on any atom is -0.325 e. The zero-order valence-electron chi connectivity index (χ0n) is 10.7. The lowest BCUT2D eigenvalue weighted by Gasteiger charge is -2.18. The molecule has 0 aromatic heterocycles. The highest BCUT2D eigenvalue weighted by Gasteiger charge is 2.17. The Morgan fingerprint density at radius 1 is 1.33 bits per heavy atom. The molecule has 1 N–H and O–H groups in total. The summed E-state index contributed by atoms with van der Waals surface area (Å²) in [5, 5.41) is 2.68. The predicted octanol–water partition coefficient (Wildman–Crippen LogP) is 4.38. The lowest BCUT2D eigenvalue weighted by atomic mass is 9.92. The molecule has 1 aromatic carbocycles. The van der Waals surface area contributed by atoms with E-state index in [-0.39, 0.29) is 11.3 Å². The van der Waals surface area contributed by atoms with Crippen LogP contribution in [0.4, 0.5) is 14.5 Å². The van der Waals surface area contributed by atoms with Crippen molar-refractivity contribution in [1.82, 2.24) is 0 Å². The Bertz CT molecular complexity index is 416. The fourth-order valence-electron chi connectivity index (χ4n) is 1.44. The molecule has 0 saturated carbocycles. The number of rotatable bonds is 4. The third-order valence-electron chi connectivity index (χ3n) is 2.07. The largest absolute Gasteiger partial charge is 0.325 e. The van der Waals surface area contributed by atoms with Gasteiger partial charge in [0.2, 0.25) is 5.91 Å². The molecule has 0 fully saturated rings. The maximum atomic E-state index is 12.4. The normalized spacial score (nSPS) is 11.7. The summed E-state index contributed by atoms with van der Waals surface area (Å²) < 4.78 is 24.7. The minimum atomic E-state index is -2.49. The molecule has 0 heterocycles. The van der Waals surface area contributed by atoms with Gasteiger partial charge in [-0.2, -0.15) is 8.78 Å². The summed E-state index contributed by atoms with van der Waals surface area (Å²) in [6, 6.07) is 6.58. The molecule has 5 heteroatoms. The number of nitrogens with one attached hydrogen (secondary N) is 1. The Labute approximate surface area is 110 Å². The van der Waals surface area contributed by atoms with E-state index in [2.05, 4.69) is 5.32 Å². The Kier molecular flexibility index (Phi) is 5.14. The second kappa shape index (κ2) is 6.18. The Hall–Kier alpha value is -1.10. The first kappa shape index (κ1) is 15.0. The Balaban J connectivity index is 2.75. The molecular formula is C13H17F2NOS. The molecule has 0 aliphatic rings. The van der Waals surface area contributed by atoms with Crippen molar-refractivity contribution >= 4 is 23.4 Å². The lowest BCUT2D eigenvalue weighted by molar-refractivity contribution is -0.117. The van der Waals surface area contributed by atoms with E-state index >= 15 is 0 Å². The fourth-order valence-corrected chi connectivity index (χ4v) is 2.04. The van der Waals surface area contributed by atoms with Gasteiger partial charge in [-0.25, -0.2) is 0 Å². The standard InChI is InChI=1S/C13H17F2NOS/c1-13(2,3)8-11(17)16-9-6-4-5-7-10(9)18-12(14)15/h4-7,12H,8H2,1-3H3,(H,16,17). The number of alkyl halides is 2. The molecule has 0 atom stereocenters. The van der Waals surface area contributed by atoms with Gasteiger partial charge in [0.25, 0.3) is 5.76 Å². The Morgan fingerprint density at radius 2 is 1.94 bits per heavy atom. The first-order chi connectivity index (χ1) is 8.28. The monoisotopic (exact) mass is 273 g/mol. The molecule has 0 unspecified atom stereocenters. The van der Waals surface area contributed by atoms with Crippen molar-refractivity contribution in [3.8, 4) is 0 Å². The number of carbonyl (C=O) groups is 1. The van der Waals surface area contributed by atoms with Crippen LogP contribution in [0.5, 0.6) is 0 Å². The van der Waals surface area contributed by atoms with Gasteiger partial charge in [-0.15, -0.1) is 0 Å². The van der Waals surface area contributed by atoms with Gasteiger partial charge in [0.15, 0.2) is 0 Å². The van der Waals surface area contributed by atoms with E-state index in [0.29, 0.717) is 28.8 Å². The van der Waals surface area contributed by atoms with Gasteiger partial charge in [0.05, 0.1) is 5.69 Å². The lowest BCUT2D eigenvalue weighted by Crippen LogP contribution is -2.20. The average molecular weight is 273 g/mol. The van der Waals surface area contributed by atoms with E-state index < -0.39 is 5.76 Å². The quantitative estimate of drug-likeness (QED) is 0.825. The minimum absolute atomic E-state index is 0.130. The van der Waals surface area contributed by atoms with Gasteiger partial charge in [0, 0.05) is 11.3 Å². The van der Waals surface area contributed by atoms with Crippen LogP contribution in [0.25, 0.3) is 0 Å². The number of thioether (sulfide) groups is 1. The summed E-state index contributed by atoms with van der Waals surface area (Å²) in [6.07, 6.45) is 0.348. The molecule has 1 aromatic rings. The van der Waals surface area contributed by atoms with Gasteiger partial charge in [-0.3, -0.25) is 4.79 Å². The molecule has 0 bridgehead atoms. The molecule has 0 radical (unpaired) electrons. The average Bonchev–Trinajstić information content (AvgIpc) is 2.17. The summed E-state index contributed by atoms with van der Waals surface area (Å²) in [5.74, 6) is -2.66. The summed E-state index contributed by atoms with van der Waals surface area (Å²) in [6.45, 7) is 5.85. The highest BCUT2D eigenvalue weighted by Crippen LogP contribution is 2.32. The van der Waals surface area contributed by atoms with Crippen LogP contribution in [-0.2, 0) is 4.79 Å². The molecule has 1 rings (SSSR count). The highest BCUT2D eigenvalue weighted by molar-refractivity contribution is 7.99. The van der Waals surface area contributed by atoms with E-state index in [4.69, 9.17) is 0 Å². The van der Waals surface area contributed by atoms with Gasteiger partial charge >= 0.3 is 0 Å². The van der Waals surface area contributed by atoms with Crippen molar-refractivity contribution in [2.75, 3.05) is 5.32 Å². The van der Waals surface area contributed by atoms with Crippen LogP contribution in [-0.4, -0.2) is 11.7 Å². The fraction of sp³-hybridized carbons (Fsp3) is 0.462. The van der Waals surface area contributed by atoms with Gasteiger partial charge in [-0.1, -0.05) is 44.7 Å². The molecular weight excluding hydrogens is 256 g/mol. The number of anilines is 1. The molecule has 100 valence electrons. The SMILES string of the molecule is CC(C)(C)CC(=O)Nc1ccccc1SC(F)F. The molecule has 1 amide bonds. The molecule has 0 aliphatic heterocycles. The number of benzene rings is 1. The maximum absolute atomic E-state index is 12.4. The molecule has 18 heavy (non-hydrogen) atoms. The predicted molar refractivity (Wildman–Crippen MR) is 71.0 cm³/mol. The van der Waals surface area contributed by atoms with E-state index in [1.165, 1.54) is 0 Å². The second-order valence-electron chi connectivity index (χ2n) is 5.16. The Morgan fingerprint density at radius 3 is 2.50 bits per heavy atom.